The minimum absolute atomic E-state index is 0.0865. The van der Waals surface area contributed by atoms with E-state index in [1.165, 1.54) is 31.0 Å². The topological polar surface area (TPSA) is 55.1 Å². The third-order valence-electron chi connectivity index (χ3n) is 2.61. The van der Waals surface area contributed by atoms with Gasteiger partial charge in [0.2, 0.25) is 0 Å². The summed E-state index contributed by atoms with van der Waals surface area (Å²) in [6, 6.07) is 0.544. The van der Waals surface area contributed by atoms with Crippen LogP contribution in [-0.2, 0) is 4.79 Å². The molecule has 1 saturated carbocycles. The number of hydrogen-bond acceptors (Lipinski definition) is 3. The number of carboxylic acid groups (broad SMARTS) is 1. The SMILES string of the molecule is Cc1cn(C2CCC2)c(SCC(=O)O)n1. The average molecular weight is 226 g/mol. The predicted molar refractivity (Wildman–Crippen MR) is 58.2 cm³/mol. The fourth-order valence-corrected chi connectivity index (χ4v) is 2.47. The largest absolute Gasteiger partial charge is 0.481 e. The third kappa shape index (κ3) is 2.34. The number of nitrogens with zero attached hydrogens (tertiary/aromatic N) is 2. The molecule has 0 bridgehead atoms. The Balaban J connectivity index is 2.10. The van der Waals surface area contributed by atoms with Crippen molar-refractivity contribution in [1.29, 1.82) is 0 Å². The van der Waals surface area contributed by atoms with Gasteiger partial charge in [-0.25, -0.2) is 4.98 Å². The third-order valence-corrected chi connectivity index (χ3v) is 3.56. The molecule has 0 spiro atoms. The number of carbonyl (C=O) groups is 1. The number of aromatic nitrogens is 2. The summed E-state index contributed by atoms with van der Waals surface area (Å²) in [5, 5.41) is 9.47. The highest BCUT2D eigenvalue weighted by Gasteiger charge is 2.22. The van der Waals surface area contributed by atoms with Gasteiger partial charge in [-0.15, -0.1) is 0 Å². The van der Waals surface area contributed by atoms with Gasteiger partial charge in [0.25, 0.3) is 0 Å². The molecule has 2 rings (SSSR count). The molecule has 0 aromatic carbocycles. The maximum atomic E-state index is 10.5. The second-order valence-corrected chi connectivity index (χ2v) is 4.78. The van der Waals surface area contributed by atoms with Crippen LogP contribution in [0.2, 0.25) is 0 Å². The van der Waals surface area contributed by atoms with Gasteiger partial charge in [0.05, 0.1) is 11.4 Å². The zero-order valence-corrected chi connectivity index (χ0v) is 9.46. The summed E-state index contributed by atoms with van der Waals surface area (Å²) in [6.45, 7) is 1.94. The van der Waals surface area contributed by atoms with Gasteiger partial charge in [-0.3, -0.25) is 4.79 Å². The van der Waals surface area contributed by atoms with E-state index in [0.717, 1.165) is 10.9 Å². The normalized spacial score (nSPS) is 16.3. The van der Waals surface area contributed by atoms with Crippen LogP contribution in [0.3, 0.4) is 0 Å². The van der Waals surface area contributed by atoms with Gasteiger partial charge in [0.15, 0.2) is 5.16 Å². The molecule has 1 aromatic rings. The first-order valence-corrected chi connectivity index (χ1v) is 6.05. The van der Waals surface area contributed by atoms with Crippen LogP contribution in [0.25, 0.3) is 0 Å². The number of imidazole rings is 1. The van der Waals surface area contributed by atoms with Gasteiger partial charge in [0.1, 0.15) is 0 Å². The molecule has 4 nitrogen and oxygen atoms in total. The summed E-state index contributed by atoms with van der Waals surface area (Å²) in [6.07, 6.45) is 5.67. The molecular weight excluding hydrogens is 212 g/mol. The maximum absolute atomic E-state index is 10.5. The first-order valence-electron chi connectivity index (χ1n) is 5.07. The van der Waals surface area contributed by atoms with Crippen molar-refractivity contribution in [2.24, 2.45) is 0 Å². The quantitative estimate of drug-likeness (QED) is 0.799. The minimum atomic E-state index is -0.791. The lowest BCUT2D eigenvalue weighted by molar-refractivity contribution is -0.133. The van der Waals surface area contributed by atoms with Crippen molar-refractivity contribution in [3.05, 3.63) is 11.9 Å². The highest BCUT2D eigenvalue weighted by Crippen LogP contribution is 2.35. The molecule has 0 atom stereocenters. The summed E-state index contributed by atoms with van der Waals surface area (Å²) >= 11 is 1.31. The molecule has 5 heteroatoms. The van der Waals surface area contributed by atoms with E-state index >= 15 is 0 Å². The molecule has 1 aromatic heterocycles. The van der Waals surface area contributed by atoms with Crippen molar-refractivity contribution in [1.82, 2.24) is 9.55 Å². The Hall–Kier alpha value is -0.970. The van der Waals surface area contributed by atoms with E-state index in [4.69, 9.17) is 5.11 Å². The number of aryl methyl sites for hydroxylation is 1. The summed E-state index contributed by atoms with van der Waals surface area (Å²) < 4.78 is 2.13. The highest BCUT2D eigenvalue weighted by molar-refractivity contribution is 7.99. The van der Waals surface area contributed by atoms with E-state index in [1.54, 1.807) is 0 Å². The first-order chi connectivity index (χ1) is 7.16. The van der Waals surface area contributed by atoms with Crippen LogP contribution in [0.5, 0.6) is 0 Å². The Kier molecular flexibility index (Phi) is 3.00. The number of hydrogen-bond donors (Lipinski definition) is 1. The maximum Gasteiger partial charge on any atom is 0.313 e. The van der Waals surface area contributed by atoms with E-state index < -0.39 is 5.97 Å². The summed E-state index contributed by atoms with van der Waals surface area (Å²) in [5.74, 6) is -0.704. The molecule has 0 aliphatic heterocycles. The Labute approximate surface area is 92.7 Å². The van der Waals surface area contributed by atoms with Crippen LogP contribution >= 0.6 is 11.8 Å². The van der Waals surface area contributed by atoms with Crippen LogP contribution < -0.4 is 0 Å². The monoisotopic (exact) mass is 226 g/mol. The van der Waals surface area contributed by atoms with Crippen molar-refractivity contribution in [2.75, 3.05) is 5.75 Å². The Bertz CT molecular complexity index is 371. The van der Waals surface area contributed by atoms with Gasteiger partial charge < -0.3 is 9.67 Å². The second kappa shape index (κ2) is 4.26. The van der Waals surface area contributed by atoms with Crippen molar-refractivity contribution in [2.45, 2.75) is 37.4 Å². The molecule has 0 radical (unpaired) electrons. The van der Waals surface area contributed by atoms with Gasteiger partial charge in [-0.2, -0.15) is 0 Å². The van der Waals surface area contributed by atoms with Crippen molar-refractivity contribution < 1.29 is 9.90 Å². The summed E-state index contributed by atoms with van der Waals surface area (Å²) in [4.78, 5) is 14.8. The zero-order valence-electron chi connectivity index (χ0n) is 8.64. The van der Waals surface area contributed by atoms with Crippen molar-refractivity contribution in [3.63, 3.8) is 0 Å². The lowest BCUT2D eigenvalue weighted by atomic mass is 9.93. The van der Waals surface area contributed by atoms with Crippen molar-refractivity contribution >= 4 is 17.7 Å². The van der Waals surface area contributed by atoms with Gasteiger partial charge in [-0.05, 0) is 26.2 Å². The standard InChI is InChI=1S/C10H14N2O2S/c1-7-5-12(8-3-2-4-8)10(11-7)15-6-9(13)14/h5,8H,2-4,6H2,1H3,(H,13,14). The van der Waals surface area contributed by atoms with Crippen molar-refractivity contribution in [3.8, 4) is 0 Å². The number of aliphatic carboxylic acids is 1. The lowest BCUT2D eigenvalue weighted by Gasteiger charge is -2.27. The lowest BCUT2D eigenvalue weighted by Crippen LogP contribution is -2.17. The molecule has 1 fully saturated rings. The number of thioether (sulfide) groups is 1. The number of rotatable bonds is 4. The zero-order chi connectivity index (χ0) is 10.8. The fraction of sp³-hybridized carbons (Fsp3) is 0.600. The number of carboxylic acids is 1. The molecular formula is C10H14N2O2S. The summed E-state index contributed by atoms with van der Waals surface area (Å²) in [7, 11) is 0. The Morgan fingerprint density at radius 2 is 2.47 bits per heavy atom. The van der Waals surface area contributed by atoms with Gasteiger partial charge >= 0.3 is 5.97 Å². The van der Waals surface area contributed by atoms with Gasteiger partial charge in [0, 0.05) is 12.2 Å². The highest BCUT2D eigenvalue weighted by atomic mass is 32.2. The Morgan fingerprint density at radius 3 is 3.00 bits per heavy atom. The summed E-state index contributed by atoms with van der Waals surface area (Å²) in [5.41, 5.74) is 0.967. The molecule has 1 N–H and O–H groups in total. The van der Waals surface area contributed by atoms with E-state index in [0.29, 0.717) is 6.04 Å². The van der Waals surface area contributed by atoms with Crippen LogP contribution in [0.15, 0.2) is 11.4 Å². The molecule has 0 saturated heterocycles. The van der Waals surface area contributed by atoms with Gasteiger partial charge in [-0.1, -0.05) is 11.8 Å². The molecule has 0 unspecified atom stereocenters. The van der Waals surface area contributed by atoms with E-state index in [2.05, 4.69) is 9.55 Å². The minimum Gasteiger partial charge on any atom is -0.481 e. The second-order valence-electron chi connectivity index (χ2n) is 3.84. The first kappa shape index (κ1) is 10.5. The smallest absolute Gasteiger partial charge is 0.313 e. The van der Waals surface area contributed by atoms with E-state index in [1.807, 2.05) is 13.1 Å². The molecule has 15 heavy (non-hydrogen) atoms. The molecule has 1 aliphatic carbocycles. The van der Waals surface area contributed by atoms with E-state index in [9.17, 15) is 4.79 Å². The predicted octanol–water partition coefficient (Wildman–Crippen LogP) is 2.09. The molecule has 82 valence electrons. The molecule has 1 aliphatic rings. The van der Waals surface area contributed by atoms with E-state index in [-0.39, 0.29) is 5.75 Å². The van der Waals surface area contributed by atoms with Crippen LogP contribution in [0.1, 0.15) is 31.0 Å². The van der Waals surface area contributed by atoms with Crippen LogP contribution in [0.4, 0.5) is 0 Å². The molecule has 1 heterocycles. The van der Waals surface area contributed by atoms with Crippen LogP contribution in [-0.4, -0.2) is 26.4 Å². The molecule has 0 amide bonds. The average Bonchev–Trinajstić information content (AvgIpc) is 2.40. The fourth-order valence-electron chi connectivity index (χ4n) is 1.65. The Morgan fingerprint density at radius 1 is 1.73 bits per heavy atom. The van der Waals surface area contributed by atoms with Crippen LogP contribution in [0, 0.1) is 6.92 Å².